The number of nitrogens with one attached hydrogen (secondary N) is 1. The zero-order valence-corrected chi connectivity index (χ0v) is 16.7. The Bertz CT molecular complexity index is 914. The van der Waals surface area contributed by atoms with Gasteiger partial charge in [0.2, 0.25) is 5.95 Å². The van der Waals surface area contributed by atoms with Crippen molar-refractivity contribution in [1.82, 2.24) is 9.97 Å². The average Bonchev–Trinajstić information content (AvgIpc) is 2.95. The van der Waals surface area contributed by atoms with Gasteiger partial charge in [0.15, 0.2) is 0 Å². The van der Waals surface area contributed by atoms with Crippen molar-refractivity contribution in [2.24, 2.45) is 11.1 Å². The Labute approximate surface area is 169 Å². The minimum absolute atomic E-state index is 0.289. The second-order valence-corrected chi connectivity index (χ2v) is 8.31. The van der Waals surface area contributed by atoms with E-state index in [9.17, 15) is 18.6 Å². The molecule has 11 heteroatoms. The molecule has 0 radical (unpaired) electrons. The molecule has 3 rings (SSSR count). The summed E-state index contributed by atoms with van der Waals surface area (Å²) >= 11 is 0. The summed E-state index contributed by atoms with van der Waals surface area (Å²) in [5, 5.41) is 28.4. The third-order valence-corrected chi connectivity index (χ3v) is 5.29. The number of aliphatic hydroxyl groups is 2. The number of hydrogen-bond acceptors (Lipinski definition) is 9. The number of aromatic nitrogens is 2. The first-order chi connectivity index (χ1) is 13.7. The van der Waals surface area contributed by atoms with E-state index in [2.05, 4.69) is 19.5 Å². The predicted molar refractivity (Wildman–Crippen MR) is 107 cm³/mol. The van der Waals surface area contributed by atoms with Crippen molar-refractivity contribution >= 4 is 22.1 Å². The maximum Gasteiger partial charge on any atom is 0.333 e. The molecule has 0 aliphatic heterocycles. The summed E-state index contributed by atoms with van der Waals surface area (Å²) in [6, 6.07) is 11.0. The lowest BCUT2D eigenvalue weighted by Crippen LogP contribution is -2.36. The zero-order valence-electron chi connectivity index (χ0n) is 15.9. The van der Waals surface area contributed by atoms with Gasteiger partial charge in [0.1, 0.15) is 11.9 Å². The number of nitrogens with two attached hydrogens (primary N) is 1. The third kappa shape index (κ3) is 5.84. The van der Waals surface area contributed by atoms with Crippen LogP contribution in [0.5, 0.6) is 0 Å². The van der Waals surface area contributed by atoms with Crippen LogP contribution in [-0.4, -0.2) is 60.5 Å². The molecule has 0 spiro atoms. The average molecular weight is 423 g/mol. The van der Waals surface area contributed by atoms with Gasteiger partial charge in [-0.2, -0.15) is 13.4 Å². The van der Waals surface area contributed by atoms with E-state index in [0.717, 1.165) is 5.56 Å². The van der Waals surface area contributed by atoms with Gasteiger partial charge in [-0.05, 0) is 18.1 Å². The van der Waals surface area contributed by atoms with Gasteiger partial charge in [-0.15, -0.1) is 0 Å². The number of aliphatic hydroxyl groups excluding tert-OH is 2. The second-order valence-electron chi connectivity index (χ2n) is 7.09. The fourth-order valence-electron chi connectivity index (χ4n) is 3.35. The van der Waals surface area contributed by atoms with Gasteiger partial charge >= 0.3 is 10.3 Å². The Kier molecular flexibility index (Phi) is 6.65. The summed E-state index contributed by atoms with van der Waals surface area (Å²) in [5.41, 5.74) is 1.11. The van der Waals surface area contributed by atoms with Crippen molar-refractivity contribution in [1.29, 1.82) is 0 Å². The first-order valence-electron chi connectivity index (χ1n) is 9.11. The first kappa shape index (κ1) is 21.4. The topological polar surface area (TPSA) is 151 Å². The molecule has 1 aliphatic rings. The summed E-state index contributed by atoms with van der Waals surface area (Å²) in [6.07, 6.45) is -0.358. The summed E-state index contributed by atoms with van der Waals surface area (Å²) < 4.78 is 26.5. The highest BCUT2D eigenvalue weighted by atomic mass is 32.2. The molecule has 1 aromatic heterocycles. The minimum atomic E-state index is -4.11. The van der Waals surface area contributed by atoms with Gasteiger partial charge in [-0.25, -0.2) is 10.1 Å². The molecule has 0 unspecified atom stereocenters. The van der Waals surface area contributed by atoms with Gasteiger partial charge in [0.25, 0.3) is 0 Å². The molecule has 1 heterocycles. The highest BCUT2D eigenvalue weighted by molar-refractivity contribution is 7.84. The fraction of sp³-hybridized carbons (Fsp3) is 0.444. The molecule has 0 amide bonds. The summed E-state index contributed by atoms with van der Waals surface area (Å²) in [4.78, 5) is 10.6. The molecular weight excluding hydrogens is 398 g/mol. The van der Waals surface area contributed by atoms with Crippen molar-refractivity contribution in [3.8, 4) is 0 Å². The molecule has 5 N–H and O–H groups in total. The van der Waals surface area contributed by atoms with Gasteiger partial charge < -0.3 is 20.4 Å². The van der Waals surface area contributed by atoms with Crippen LogP contribution in [0.3, 0.4) is 0 Å². The Balaban J connectivity index is 1.63. The number of nitrogens with zero attached hydrogens (tertiary/aromatic N) is 3. The van der Waals surface area contributed by atoms with E-state index in [1.54, 1.807) is 12.3 Å². The van der Waals surface area contributed by atoms with Crippen LogP contribution in [0.25, 0.3) is 0 Å². The van der Waals surface area contributed by atoms with Gasteiger partial charge in [-0.3, -0.25) is 4.18 Å². The lowest BCUT2D eigenvalue weighted by Gasteiger charge is -2.21. The Morgan fingerprint density at radius 1 is 1.24 bits per heavy atom. The maximum atomic E-state index is 11.0. The molecular formula is C18H25N5O5S. The molecule has 4 atom stereocenters. The Morgan fingerprint density at radius 3 is 2.66 bits per heavy atom. The molecule has 158 valence electrons. The highest BCUT2D eigenvalue weighted by Gasteiger charge is 2.42. The van der Waals surface area contributed by atoms with Crippen LogP contribution in [0.1, 0.15) is 12.0 Å². The van der Waals surface area contributed by atoms with Crippen LogP contribution in [0, 0.1) is 5.92 Å². The number of rotatable bonds is 8. The van der Waals surface area contributed by atoms with Crippen molar-refractivity contribution in [2.75, 3.05) is 23.9 Å². The molecule has 2 aromatic rings. The summed E-state index contributed by atoms with van der Waals surface area (Å²) in [5.74, 6) is 0.406. The molecule has 1 fully saturated rings. The van der Waals surface area contributed by atoms with E-state index in [-0.39, 0.29) is 13.0 Å². The quantitative estimate of drug-likeness (QED) is 0.454. The van der Waals surface area contributed by atoms with E-state index in [4.69, 9.17) is 5.14 Å². The normalized spacial score (nSPS) is 24.4. The molecule has 0 saturated heterocycles. The Morgan fingerprint density at radius 2 is 1.97 bits per heavy atom. The van der Waals surface area contributed by atoms with Gasteiger partial charge in [0.05, 0.1) is 18.8 Å². The largest absolute Gasteiger partial charge is 0.390 e. The van der Waals surface area contributed by atoms with Crippen LogP contribution >= 0.6 is 0 Å². The van der Waals surface area contributed by atoms with Crippen molar-refractivity contribution in [3.05, 3.63) is 48.2 Å². The summed E-state index contributed by atoms with van der Waals surface area (Å²) in [6.45, 7) is 0.326. The third-order valence-electron chi connectivity index (χ3n) is 4.83. The van der Waals surface area contributed by atoms with Crippen LogP contribution < -0.4 is 15.4 Å². The van der Waals surface area contributed by atoms with Gasteiger partial charge in [0, 0.05) is 25.7 Å². The lowest BCUT2D eigenvalue weighted by molar-refractivity contribution is 0.00778. The second kappa shape index (κ2) is 9.01. The van der Waals surface area contributed by atoms with E-state index in [0.29, 0.717) is 18.3 Å². The SMILES string of the molecule is CN(Cc1ccccc1)c1nccc(N[C@@H]2C[C@H](COS(N)(=O)=O)[C@@H](O)[C@H]2O)n1. The minimum Gasteiger partial charge on any atom is -0.390 e. The monoisotopic (exact) mass is 423 g/mol. The number of anilines is 2. The molecule has 29 heavy (non-hydrogen) atoms. The Hall–Kier alpha value is -2.31. The van der Waals surface area contributed by atoms with Crippen molar-refractivity contribution in [3.63, 3.8) is 0 Å². The van der Waals surface area contributed by atoms with E-state index in [1.165, 1.54) is 0 Å². The van der Waals surface area contributed by atoms with E-state index >= 15 is 0 Å². The molecule has 1 saturated carbocycles. The lowest BCUT2D eigenvalue weighted by atomic mass is 10.1. The van der Waals surface area contributed by atoms with E-state index in [1.807, 2.05) is 42.3 Å². The van der Waals surface area contributed by atoms with Crippen LogP contribution in [-0.2, 0) is 21.0 Å². The standard InChI is InChI=1S/C18H25N5O5S/c1-23(10-12-5-3-2-4-6-12)18-20-8-7-15(22-18)21-14-9-13(16(24)17(14)25)11-28-29(19,26)27/h2-8,13-14,16-17,24-25H,9-11H2,1H3,(H2,19,26,27)(H,20,21,22)/t13-,14-,16-,17+/m1/s1. The van der Waals surface area contributed by atoms with E-state index < -0.39 is 34.5 Å². The van der Waals surface area contributed by atoms with Crippen LogP contribution in [0.4, 0.5) is 11.8 Å². The smallest absolute Gasteiger partial charge is 0.333 e. The van der Waals surface area contributed by atoms with Crippen LogP contribution in [0.2, 0.25) is 0 Å². The molecule has 10 nitrogen and oxygen atoms in total. The molecule has 1 aromatic carbocycles. The predicted octanol–water partition coefficient (Wildman–Crippen LogP) is -0.145. The number of benzene rings is 1. The number of hydrogen-bond donors (Lipinski definition) is 4. The van der Waals surface area contributed by atoms with Crippen molar-refractivity contribution in [2.45, 2.75) is 31.2 Å². The van der Waals surface area contributed by atoms with Crippen molar-refractivity contribution < 1.29 is 22.8 Å². The highest BCUT2D eigenvalue weighted by Crippen LogP contribution is 2.29. The maximum absolute atomic E-state index is 11.0. The van der Waals surface area contributed by atoms with Gasteiger partial charge in [-0.1, -0.05) is 30.3 Å². The fourth-order valence-corrected chi connectivity index (χ4v) is 3.71. The molecule has 1 aliphatic carbocycles. The zero-order chi connectivity index (χ0) is 21.0. The molecule has 0 bridgehead atoms. The first-order valence-corrected chi connectivity index (χ1v) is 10.6. The van der Waals surface area contributed by atoms with Crippen LogP contribution in [0.15, 0.2) is 42.6 Å². The summed E-state index contributed by atoms with van der Waals surface area (Å²) in [7, 11) is -2.23.